The van der Waals surface area contributed by atoms with Gasteiger partial charge in [0.25, 0.3) is 0 Å². The molecule has 0 saturated heterocycles. The molecular formula is C14H15ClFN3. The lowest BCUT2D eigenvalue weighted by Crippen LogP contribution is -2.23. The van der Waals surface area contributed by atoms with Crippen LogP contribution in [-0.4, -0.2) is 16.5 Å². The van der Waals surface area contributed by atoms with Gasteiger partial charge >= 0.3 is 0 Å². The fourth-order valence-corrected chi connectivity index (χ4v) is 1.99. The maximum atomic E-state index is 13.6. The van der Waals surface area contributed by atoms with E-state index in [1.54, 1.807) is 18.5 Å². The van der Waals surface area contributed by atoms with Crippen molar-refractivity contribution in [2.24, 2.45) is 0 Å². The van der Waals surface area contributed by atoms with Gasteiger partial charge in [0.15, 0.2) is 0 Å². The third-order valence-corrected chi connectivity index (χ3v) is 3.10. The molecule has 3 nitrogen and oxygen atoms in total. The number of benzene rings is 1. The first kappa shape index (κ1) is 13.9. The van der Waals surface area contributed by atoms with Crippen molar-refractivity contribution < 1.29 is 4.39 Å². The summed E-state index contributed by atoms with van der Waals surface area (Å²) in [5.74, 6) is -0.417. The van der Waals surface area contributed by atoms with E-state index in [1.165, 1.54) is 12.4 Å². The molecule has 0 aliphatic carbocycles. The molecule has 0 amide bonds. The largest absolute Gasteiger partial charge is 0.306 e. The first-order chi connectivity index (χ1) is 9.22. The highest BCUT2D eigenvalue weighted by Gasteiger charge is 2.15. The normalized spacial score (nSPS) is 12.4. The fourth-order valence-electron chi connectivity index (χ4n) is 1.87. The Morgan fingerprint density at radius 3 is 2.63 bits per heavy atom. The minimum atomic E-state index is -0.417. The first-order valence-electron chi connectivity index (χ1n) is 6.15. The number of hydrogen-bond donors (Lipinski definition) is 1. The SMILES string of the molecule is CCCNC(c1cncnc1)c1ccc(Cl)c(F)c1. The van der Waals surface area contributed by atoms with Crippen LogP contribution in [-0.2, 0) is 0 Å². The van der Waals surface area contributed by atoms with Crippen LogP contribution in [0.3, 0.4) is 0 Å². The third-order valence-electron chi connectivity index (χ3n) is 2.79. The van der Waals surface area contributed by atoms with Gasteiger partial charge < -0.3 is 5.32 Å². The lowest BCUT2D eigenvalue weighted by Gasteiger charge is -2.19. The van der Waals surface area contributed by atoms with Crippen molar-refractivity contribution in [3.63, 3.8) is 0 Å². The standard InChI is InChI=1S/C14H15ClFN3/c1-2-5-19-14(11-7-17-9-18-8-11)10-3-4-12(15)13(16)6-10/h3-4,6-9,14,19H,2,5H2,1H3. The molecule has 2 rings (SSSR count). The van der Waals surface area contributed by atoms with Crippen LogP contribution < -0.4 is 5.32 Å². The molecule has 1 N–H and O–H groups in total. The molecule has 1 aromatic carbocycles. The van der Waals surface area contributed by atoms with Gasteiger partial charge in [-0.15, -0.1) is 0 Å². The smallest absolute Gasteiger partial charge is 0.142 e. The van der Waals surface area contributed by atoms with Crippen LogP contribution in [0.15, 0.2) is 36.9 Å². The summed E-state index contributed by atoms with van der Waals surface area (Å²) in [6.45, 7) is 2.90. The summed E-state index contributed by atoms with van der Waals surface area (Å²) in [6, 6.07) is 4.69. The Kier molecular flexibility index (Phi) is 4.82. The minimum Gasteiger partial charge on any atom is -0.306 e. The van der Waals surface area contributed by atoms with E-state index in [2.05, 4.69) is 22.2 Å². The molecule has 0 saturated carbocycles. The highest BCUT2D eigenvalue weighted by atomic mass is 35.5. The Morgan fingerprint density at radius 2 is 2.00 bits per heavy atom. The average molecular weight is 280 g/mol. The van der Waals surface area contributed by atoms with Gasteiger partial charge in [0, 0.05) is 18.0 Å². The number of hydrogen-bond acceptors (Lipinski definition) is 3. The summed E-state index contributed by atoms with van der Waals surface area (Å²) >= 11 is 5.72. The number of nitrogens with zero attached hydrogens (tertiary/aromatic N) is 2. The fraction of sp³-hybridized carbons (Fsp3) is 0.286. The maximum absolute atomic E-state index is 13.6. The Labute approximate surface area is 116 Å². The Bertz CT molecular complexity index is 533. The van der Waals surface area contributed by atoms with Crippen LogP contribution in [0, 0.1) is 5.82 Å². The molecule has 0 bridgehead atoms. The number of halogens is 2. The lowest BCUT2D eigenvalue weighted by atomic mass is 10.0. The van der Waals surface area contributed by atoms with Gasteiger partial charge in [0.2, 0.25) is 0 Å². The zero-order chi connectivity index (χ0) is 13.7. The zero-order valence-electron chi connectivity index (χ0n) is 10.6. The van der Waals surface area contributed by atoms with Crippen LogP contribution in [0.1, 0.15) is 30.5 Å². The van der Waals surface area contributed by atoms with Gasteiger partial charge in [0.1, 0.15) is 12.1 Å². The second-order valence-corrected chi connectivity index (χ2v) is 4.64. The molecule has 100 valence electrons. The predicted octanol–water partition coefficient (Wildman–Crippen LogP) is 3.36. The lowest BCUT2D eigenvalue weighted by molar-refractivity contribution is 0.583. The monoisotopic (exact) mass is 279 g/mol. The van der Waals surface area contributed by atoms with E-state index in [-0.39, 0.29) is 11.1 Å². The van der Waals surface area contributed by atoms with E-state index in [4.69, 9.17) is 11.6 Å². The summed E-state index contributed by atoms with van der Waals surface area (Å²) in [5.41, 5.74) is 1.71. The molecule has 19 heavy (non-hydrogen) atoms. The Hall–Kier alpha value is -1.52. The molecule has 1 aromatic heterocycles. The van der Waals surface area contributed by atoms with Gasteiger partial charge in [-0.3, -0.25) is 0 Å². The minimum absolute atomic E-state index is 0.127. The summed E-state index contributed by atoms with van der Waals surface area (Å²) < 4.78 is 13.6. The molecule has 5 heteroatoms. The number of nitrogens with one attached hydrogen (secondary N) is 1. The van der Waals surface area contributed by atoms with Crippen molar-refractivity contribution in [3.8, 4) is 0 Å². The summed E-state index contributed by atoms with van der Waals surface area (Å²) in [6.07, 6.45) is 5.92. The van der Waals surface area contributed by atoms with Crippen molar-refractivity contribution in [1.29, 1.82) is 0 Å². The number of aromatic nitrogens is 2. The second-order valence-electron chi connectivity index (χ2n) is 4.23. The van der Waals surface area contributed by atoms with Crippen molar-refractivity contribution >= 4 is 11.6 Å². The molecule has 0 radical (unpaired) electrons. The maximum Gasteiger partial charge on any atom is 0.142 e. The van der Waals surface area contributed by atoms with Crippen molar-refractivity contribution in [1.82, 2.24) is 15.3 Å². The molecule has 0 aliphatic rings. The molecular weight excluding hydrogens is 265 g/mol. The average Bonchev–Trinajstić information content (AvgIpc) is 2.44. The molecule has 1 unspecified atom stereocenters. The van der Waals surface area contributed by atoms with Crippen LogP contribution in [0.2, 0.25) is 5.02 Å². The molecule has 2 aromatic rings. The first-order valence-corrected chi connectivity index (χ1v) is 6.53. The van der Waals surface area contributed by atoms with Gasteiger partial charge in [-0.25, -0.2) is 14.4 Å². The van der Waals surface area contributed by atoms with Crippen molar-refractivity contribution in [2.75, 3.05) is 6.54 Å². The van der Waals surface area contributed by atoms with E-state index >= 15 is 0 Å². The highest BCUT2D eigenvalue weighted by Crippen LogP contribution is 2.24. The van der Waals surface area contributed by atoms with Crippen LogP contribution in [0.5, 0.6) is 0 Å². The van der Waals surface area contributed by atoms with Gasteiger partial charge in [-0.2, -0.15) is 0 Å². The summed E-state index contributed by atoms with van der Waals surface area (Å²) in [7, 11) is 0. The van der Waals surface area contributed by atoms with Gasteiger partial charge in [0.05, 0.1) is 11.1 Å². The van der Waals surface area contributed by atoms with Crippen molar-refractivity contribution in [2.45, 2.75) is 19.4 Å². The third kappa shape index (κ3) is 3.49. The predicted molar refractivity (Wildman–Crippen MR) is 73.6 cm³/mol. The topological polar surface area (TPSA) is 37.8 Å². The van der Waals surface area contributed by atoms with E-state index in [0.29, 0.717) is 0 Å². The van der Waals surface area contributed by atoms with Crippen LogP contribution >= 0.6 is 11.6 Å². The highest BCUT2D eigenvalue weighted by molar-refractivity contribution is 6.30. The van der Waals surface area contributed by atoms with E-state index in [9.17, 15) is 4.39 Å². The number of rotatable bonds is 5. The van der Waals surface area contributed by atoms with Crippen LogP contribution in [0.4, 0.5) is 4.39 Å². The molecule has 1 heterocycles. The second kappa shape index (κ2) is 6.59. The Balaban J connectivity index is 2.34. The molecule has 0 spiro atoms. The van der Waals surface area contributed by atoms with E-state index in [1.807, 2.05) is 6.07 Å². The molecule has 0 aliphatic heterocycles. The van der Waals surface area contributed by atoms with E-state index in [0.717, 1.165) is 24.1 Å². The molecule has 1 atom stereocenters. The van der Waals surface area contributed by atoms with E-state index < -0.39 is 5.82 Å². The molecule has 0 fully saturated rings. The van der Waals surface area contributed by atoms with Gasteiger partial charge in [-0.1, -0.05) is 24.6 Å². The van der Waals surface area contributed by atoms with Crippen LogP contribution in [0.25, 0.3) is 0 Å². The summed E-state index contributed by atoms with van der Waals surface area (Å²) in [5, 5.41) is 3.49. The van der Waals surface area contributed by atoms with Gasteiger partial charge in [-0.05, 0) is 30.7 Å². The zero-order valence-corrected chi connectivity index (χ0v) is 11.4. The summed E-state index contributed by atoms with van der Waals surface area (Å²) in [4.78, 5) is 8.02. The van der Waals surface area contributed by atoms with Crippen molar-refractivity contribution in [3.05, 3.63) is 58.9 Å². The quantitative estimate of drug-likeness (QED) is 0.912. The Morgan fingerprint density at radius 1 is 1.26 bits per heavy atom.